The maximum atomic E-state index is 8.80. The molecule has 0 spiro atoms. The minimum Gasteiger partial charge on any atom is -0.456 e. The lowest BCUT2D eigenvalue weighted by Crippen LogP contribution is -1.90. The molecule has 0 saturated carbocycles. The molecular weight excluding hydrogens is 536 g/mol. The van der Waals surface area contributed by atoms with E-state index >= 15 is 0 Å². The average molecular weight is 566 g/mol. The van der Waals surface area contributed by atoms with Gasteiger partial charge in [-0.15, -0.1) is 0 Å². The van der Waals surface area contributed by atoms with Gasteiger partial charge in [0.25, 0.3) is 0 Å². The number of fused-ring (bicyclic) bond motifs is 4. The third kappa shape index (κ3) is 3.20. The first kappa shape index (κ1) is 19.4. The molecule has 204 valence electrons. The van der Waals surface area contributed by atoms with Gasteiger partial charge >= 0.3 is 0 Å². The van der Waals surface area contributed by atoms with Crippen molar-refractivity contribution in [1.29, 1.82) is 0 Å². The molecule has 0 radical (unpaired) electrons. The van der Waals surface area contributed by atoms with Crippen molar-refractivity contribution in [3.8, 4) is 33.6 Å². The van der Waals surface area contributed by atoms with E-state index in [0.717, 1.165) is 76.3 Å². The van der Waals surface area contributed by atoms with E-state index in [4.69, 9.17) is 15.7 Å². The van der Waals surface area contributed by atoms with Crippen LogP contribution in [0, 0.1) is 0 Å². The van der Waals surface area contributed by atoms with Gasteiger partial charge in [-0.2, -0.15) is 0 Å². The van der Waals surface area contributed by atoms with Gasteiger partial charge in [-0.05, 0) is 67.2 Å². The van der Waals surface area contributed by atoms with Crippen LogP contribution < -0.4 is 0 Å². The molecule has 0 aliphatic rings. The number of hydrogen-bond acceptors (Lipinski definition) is 2. The molecule has 0 unspecified atom stereocenters. The van der Waals surface area contributed by atoms with Crippen molar-refractivity contribution in [3.63, 3.8) is 0 Å². The van der Waals surface area contributed by atoms with Gasteiger partial charge in [0.1, 0.15) is 22.5 Å². The molecule has 2 heterocycles. The molecule has 0 amide bonds. The lowest BCUT2D eigenvalue weighted by Gasteiger charge is -2.17. The summed E-state index contributed by atoms with van der Waals surface area (Å²) in [6.07, 6.45) is 0. The Morgan fingerprint density at radius 3 is 1.80 bits per heavy atom. The van der Waals surface area contributed by atoms with Crippen molar-refractivity contribution in [2.75, 3.05) is 0 Å². The van der Waals surface area contributed by atoms with Crippen LogP contribution in [0.5, 0.6) is 0 Å². The van der Waals surface area contributed by atoms with Crippen molar-refractivity contribution in [2.24, 2.45) is 0 Å². The van der Waals surface area contributed by atoms with Crippen LogP contribution >= 0.6 is 0 Å². The van der Waals surface area contributed by atoms with Crippen LogP contribution in [0.2, 0.25) is 0 Å². The quantitative estimate of drug-likeness (QED) is 0.199. The maximum Gasteiger partial charge on any atom is 0.143 e. The predicted octanol–water partition coefficient (Wildman–Crippen LogP) is 12.2. The zero-order valence-electron chi connectivity index (χ0n) is 28.3. The normalized spacial score (nSPS) is 13.7. The largest absolute Gasteiger partial charge is 0.456 e. The molecule has 8 aromatic carbocycles. The van der Waals surface area contributed by atoms with E-state index in [1.54, 1.807) is 0 Å². The molecule has 0 atom stereocenters. The summed E-state index contributed by atoms with van der Waals surface area (Å²) in [7, 11) is 0. The molecule has 10 rings (SSSR count). The lowest BCUT2D eigenvalue weighted by molar-refractivity contribution is 0.632. The molecule has 2 aromatic heterocycles. The fraction of sp³-hybridized carbons (Fsp3) is 0. The predicted molar refractivity (Wildman–Crippen MR) is 184 cm³/mol. The second kappa shape index (κ2) is 8.82. The Morgan fingerprint density at radius 1 is 0.409 bits per heavy atom. The number of rotatable bonds is 3. The second-order valence-electron chi connectivity index (χ2n) is 11.2. The number of furan rings is 2. The molecule has 0 N–H and O–H groups in total. The van der Waals surface area contributed by atoms with E-state index in [0.29, 0.717) is 11.1 Å². The van der Waals surface area contributed by atoms with Crippen LogP contribution in [0.1, 0.15) is 6.85 Å². The average Bonchev–Trinajstić information content (AvgIpc) is 3.71. The Hall–Kier alpha value is -5.86. The zero-order chi connectivity index (χ0) is 33.1. The molecule has 2 heteroatoms. The topological polar surface area (TPSA) is 26.3 Å². The second-order valence-corrected chi connectivity index (χ2v) is 11.2. The Balaban J connectivity index is 1.30. The standard InChI is InChI=1S/C42H24O2/c1-2-9-27(10-3-1)42-41(34-12-5-7-15-36(34)44-42)32-24-20-26-18-22-30-28(21-17-25-19-23-31(32)39(26)38(25)30)29-13-8-16-37-40(29)33-11-4-6-14-35(33)43-37/h1-24H/i1D,2D,3D,9D,10D. The highest BCUT2D eigenvalue weighted by Crippen LogP contribution is 2.48. The molecule has 10 aromatic rings. The third-order valence-corrected chi connectivity index (χ3v) is 8.95. The Morgan fingerprint density at radius 2 is 1.02 bits per heavy atom. The first-order valence-corrected chi connectivity index (χ1v) is 14.6. The summed E-state index contributed by atoms with van der Waals surface area (Å²) in [5.41, 5.74) is 6.10. The van der Waals surface area contributed by atoms with E-state index in [2.05, 4.69) is 60.7 Å². The molecule has 0 saturated heterocycles. The van der Waals surface area contributed by atoms with Gasteiger partial charge in [0.2, 0.25) is 0 Å². The molecular formula is C42H24O2. The van der Waals surface area contributed by atoms with Gasteiger partial charge in [-0.3, -0.25) is 0 Å². The molecule has 0 bridgehead atoms. The van der Waals surface area contributed by atoms with Crippen LogP contribution in [-0.4, -0.2) is 0 Å². The van der Waals surface area contributed by atoms with Gasteiger partial charge in [0.15, 0.2) is 0 Å². The zero-order valence-corrected chi connectivity index (χ0v) is 23.3. The van der Waals surface area contributed by atoms with Gasteiger partial charge < -0.3 is 8.83 Å². The van der Waals surface area contributed by atoms with Gasteiger partial charge in [0.05, 0.1) is 6.85 Å². The van der Waals surface area contributed by atoms with Crippen LogP contribution in [0.3, 0.4) is 0 Å². The Labute approximate surface area is 259 Å². The molecule has 0 aliphatic carbocycles. The summed E-state index contributed by atoms with van der Waals surface area (Å²) in [6.45, 7) is 0. The fourth-order valence-corrected chi connectivity index (χ4v) is 7.11. The highest BCUT2D eigenvalue weighted by molar-refractivity contribution is 6.29. The summed E-state index contributed by atoms with van der Waals surface area (Å²) in [5.74, 6) is 0.257. The Bertz CT molecular complexity index is 2980. The van der Waals surface area contributed by atoms with Crippen molar-refractivity contribution < 1.29 is 15.7 Å². The molecule has 2 nitrogen and oxygen atoms in total. The molecule has 44 heavy (non-hydrogen) atoms. The fourth-order valence-electron chi connectivity index (χ4n) is 7.11. The lowest BCUT2D eigenvalue weighted by atomic mass is 9.86. The molecule has 0 fully saturated rings. The number of hydrogen-bond donors (Lipinski definition) is 0. The highest BCUT2D eigenvalue weighted by atomic mass is 16.3. The SMILES string of the molecule is [2H]c1c([2H])c([2H])c(-c2oc3ccccc3c2-c2ccc3ccc4c(-c5cccc6oc7ccccc7c56)ccc5ccc2c3c54)c([2H])c1[2H]. The first-order chi connectivity index (χ1) is 23.9. The van der Waals surface area contributed by atoms with E-state index in [1.165, 1.54) is 0 Å². The molecule has 0 aliphatic heterocycles. The first-order valence-electron chi connectivity index (χ1n) is 17.1. The van der Waals surface area contributed by atoms with Crippen molar-refractivity contribution in [3.05, 3.63) is 145 Å². The Kier molecular flexibility index (Phi) is 3.88. The van der Waals surface area contributed by atoms with Crippen molar-refractivity contribution in [2.45, 2.75) is 0 Å². The summed E-state index contributed by atoms with van der Waals surface area (Å²) in [4.78, 5) is 0. The third-order valence-electron chi connectivity index (χ3n) is 8.95. The van der Waals surface area contributed by atoms with E-state index in [-0.39, 0.29) is 23.4 Å². The summed E-state index contributed by atoms with van der Waals surface area (Å²) >= 11 is 0. The summed E-state index contributed by atoms with van der Waals surface area (Å²) in [6, 6.07) is 37.3. The maximum absolute atomic E-state index is 8.80. The van der Waals surface area contributed by atoms with E-state index < -0.39 is 18.1 Å². The van der Waals surface area contributed by atoms with Crippen molar-refractivity contribution >= 4 is 65.2 Å². The van der Waals surface area contributed by atoms with Crippen LogP contribution in [0.4, 0.5) is 0 Å². The van der Waals surface area contributed by atoms with Crippen molar-refractivity contribution in [1.82, 2.24) is 0 Å². The van der Waals surface area contributed by atoms with Crippen LogP contribution in [-0.2, 0) is 0 Å². The van der Waals surface area contributed by atoms with E-state index in [1.807, 2.05) is 54.6 Å². The van der Waals surface area contributed by atoms with Gasteiger partial charge in [-0.25, -0.2) is 0 Å². The highest BCUT2D eigenvalue weighted by Gasteiger charge is 2.22. The smallest absolute Gasteiger partial charge is 0.143 e. The monoisotopic (exact) mass is 565 g/mol. The van der Waals surface area contributed by atoms with E-state index in [9.17, 15) is 0 Å². The van der Waals surface area contributed by atoms with Gasteiger partial charge in [0, 0.05) is 27.3 Å². The van der Waals surface area contributed by atoms with Gasteiger partial charge in [-0.1, -0.05) is 127 Å². The summed E-state index contributed by atoms with van der Waals surface area (Å²) < 4.78 is 55.2. The summed E-state index contributed by atoms with van der Waals surface area (Å²) in [5, 5.41) is 9.49. The number of benzene rings is 8. The van der Waals surface area contributed by atoms with Crippen LogP contribution in [0.15, 0.2) is 154 Å². The number of para-hydroxylation sites is 2. The minimum absolute atomic E-state index is 0.0469. The van der Waals surface area contributed by atoms with Crippen LogP contribution in [0.25, 0.3) is 98.8 Å². The minimum atomic E-state index is -0.436.